The molecule has 0 saturated carbocycles. The predicted octanol–water partition coefficient (Wildman–Crippen LogP) is 1.20. The Morgan fingerprint density at radius 2 is 2.06 bits per heavy atom. The van der Waals surface area contributed by atoms with Gasteiger partial charge in [0, 0.05) is 45.5 Å². The van der Waals surface area contributed by atoms with Gasteiger partial charge in [0.25, 0.3) is 5.91 Å². The van der Waals surface area contributed by atoms with Crippen LogP contribution in [0.2, 0.25) is 0 Å². The fraction of sp³-hybridized carbons (Fsp3) is 0.545. The van der Waals surface area contributed by atoms with Crippen molar-refractivity contribution in [3.05, 3.63) is 30.6 Å². The summed E-state index contributed by atoms with van der Waals surface area (Å²) in [5, 5.41) is 9.92. The van der Waals surface area contributed by atoms with Crippen molar-refractivity contribution < 1.29 is 14.3 Å². The van der Waals surface area contributed by atoms with Gasteiger partial charge in [-0.3, -0.25) is 4.79 Å². The molecule has 0 aromatic carbocycles. The summed E-state index contributed by atoms with van der Waals surface area (Å²) in [4.78, 5) is 32.7. The fourth-order valence-corrected chi connectivity index (χ4v) is 4.27. The van der Waals surface area contributed by atoms with Crippen molar-refractivity contribution in [2.45, 2.75) is 31.7 Å². The van der Waals surface area contributed by atoms with Crippen LogP contribution in [0.15, 0.2) is 24.9 Å². The summed E-state index contributed by atoms with van der Waals surface area (Å²) in [6.07, 6.45) is 8.38. The van der Waals surface area contributed by atoms with E-state index in [2.05, 4.69) is 40.3 Å². The first-order chi connectivity index (χ1) is 16.7. The summed E-state index contributed by atoms with van der Waals surface area (Å²) >= 11 is 0. The van der Waals surface area contributed by atoms with E-state index < -0.39 is 0 Å². The number of carbonyl (C=O) groups excluding carboxylic acids is 1. The van der Waals surface area contributed by atoms with Gasteiger partial charge in [0.15, 0.2) is 5.82 Å². The molecule has 2 fully saturated rings. The maximum Gasteiger partial charge on any atom is 0.270 e. The third-order valence-electron chi connectivity index (χ3n) is 6.32. The van der Waals surface area contributed by atoms with Crippen molar-refractivity contribution in [1.82, 2.24) is 40.0 Å². The Hall–Kier alpha value is -3.54. The number of anilines is 1. The topological polar surface area (TPSA) is 136 Å². The highest BCUT2D eigenvalue weighted by Gasteiger charge is 2.24. The van der Waals surface area contributed by atoms with Crippen LogP contribution < -0.4 is 15.0 Å². The number of H-pyrrole nitrogens is 1. The van der Waals surface area contributed by atoms with Crippen molar-refractivity contribution in [3.63, 3.8) is 0 Å². The second-order valence-electron chi connectivity index (χ2n) is 8.72. The van der Waals surface area contributed by atoms with Crippen LogP contribution in [0, 0.1) is 5.92 Å². The number of hydrogen-bond donors (Lipinski definition) is 2. The highest BCUT2D eigenvalue weighted by molar-refractivity contribution is 5.93. The average Bonchev–Trinajstić information content (AvgIpc) is 3.56. The molecular weight excluding hydrogens is 438 g/mol. The second-order valence-corrected chi connectivity index (χ2v) is 8.72. The van der Waals surface area contributed by atoms with E-state index in [1.54, 1.807) is 18.6 Å². The Balaban J connectivity index is 1.28. The van der Waals surface area contributed by atoms with Crippen LogP contribution in [0.5, 0.6) is 5.88 Å². The van der Waals surface area contributed by atoms with Gasteiger partial charge in [-0.05, 0) is 31.6 Å². The molecule has 12 nitrogen and oxygen atoms in total. The number of amides is 1. The third-order valence-corrected chi connectivity index (χ3v) is 6.32. The molecular formula is C22H29N9O3. The van der Waals surface area contributed by atoms with E-state index in [9.17, 15) is 4.79 Å². The minimum absolute atomic E-state index is 0.0494. The van der Waals surface area contributed by atoms with Gasteiger partial charge in [0.05, 0.1) is 19.1 Å². The molecule has 0 bridgehead atoms. The van der Waals surface area contributed by atoms with E-state index in [0.717, 1.165) is 57.9 Å². The monoisotopic (exact) mass is 467 g/mol. The molecule has 0 atom stereocenters. The van der Waals surface area contributed by atoms with Gasteiger partial charge in [-0.25, -0.2) is 15.1 Å². The van der Waals surface area contributed by atoms with E-state index in [4.69, 9.17) is 9.47 Å². The number of piperidine rings is 1. The normalized spacial score (nSPS) is 17.6. The Morgan fingerprint density at radius 3 is 2.76 bits per heavy atom. The van der Waals surface area contributed by atoms with Gasteiger partial charge in [0.1, 0.15) is 17.7 Å². The first kappa shape index (κ1) is 22.3. The second kappa shape index (κ2) is 10.2. The Kier molecular flexibility index (Phi) is 6.65. The molecule has 1 amide bonds. The number of ether oxygens (including phenoxy) is 2. The van der Waals surface area contributed by atoms with E-state index >= 15 is 0 Å². The number of nitrogens with one attached hydrogen (secondary N) is 2. The van der Waals surface area contributed by atoms with E-state index in [1.807, 2.05) is 11.6 Å². The van der Waals surface area contributed by atoms with Crippen molar-refractivity contribution in [3.8, 4) is 17.4 Å². The van der Waals surface area contributed by atoms with E-state index in [1.165, 1.54) is 6.33 Å². The number of rotatable bonds is 7. The van der Waals surface area contributed by atoms with Crippen molar-refractivity contribution in [1.29, 1.82) is 0 Å². The molecule has 0 spiro atoms. The van der Waals surface area contributed by atoms with Crippen molar-refractivity contribution in [2.24, 2.45) is 13.0 Å². The van der Waals surface area contributed by atoms with Gasteiger partial charge < -0.3 is 24.3 Å². The summed E-state index contributed by atoms with van der Waals surface area (Å²) in [5.74, 6) is 1.74. The minimum atomic E-state index is -0.236. The van der Waals surface area contributed by atoms with Crippen molar-refractivity contribution >= 4 is 11.9 Å². The third kappa shape index (κ3) is 5.16. The highest BCUT2D eigenvalue weighted by atomic mass is 16.5. The fourth-order valence-electron chi connectivity index (χ4n) is 4.27. The lowest BCUT2D eigenvalue weighted by atomic mass is 10.0. The largest absolute Gasteiger partial charge is 0.477 e. The first-order valence-corrected chi connectivity index (χ1v) is 11.6. The van der Waals surface area contributed by atoms with Crippen LogP contribution >= 0.6 is 0 Å². The molecule has 3 aromatic heterocycles. The van der Waals surface area contributed by atoms with Crippen LogP contribution in [0.1, 0.15) is 36.2 Å². The number of nitrogens with zero attached hydrogens (tertiary/aromatic N) is 7. The minimum Gasteiger partial charge on any atom is -0.477 e. The molecule has 2 aliphatic rings. The van der Waals surface area contributed by atoms with Crippen LogP contribution in [0.3, 0.4) is 0 Å². The number of imidazole rings is 1. The van der Waals surface area contributed by atoms with E-state index in [-0.39, 0.29) is 17.6 Å². The highest BCUT2D eigenvalue weighted by Crippen LogP contribution is 2.22. The SMILES string of the molecule is Cn1cncc1-c1nc(OCC2CCOCC2)cc(C(=O)NC2CCN(c3ncn[nH]3)CC2)n1. The molecule has 5 rings (SSSR count). The van der Waals surface area contributed by atoms with Gasteiger partial charge in [0.2, 0.25) is 11.8 Å². The summed E-state index contributed by atoms with van der Waals surface area (Å²) in [6.45, 7) is 3.60. The quantitative estimate of drug-likeness (QED) is 0.525. The van der Waals surface area contributed by atoms with Crippen molar-refractivity contribution in [2.75, 3.05) is 37.8 Å². The zero-order chi connectivity index (χ0) is 23.3. The lowest BCUT2D eigenvalue weighted by Crippen LogP contribution is -2.45. The van der Waals surface area contributed by atoms with Gasteiger partial charge in [-0.1, -0.05) is 0 Å². The summed E-state index contributed by atoms with van der Waals surface area (Å²) in [5.41, 5.74) is 0.997. The Morgan fingerprint density at radius 1 is 1.24 bits per heavy atom. The summed E-state index contributed by atoms with van der Waals surface area (Å²) < 4.78 is 13.3. The number of hydrogen-bond acceptors (Lipinski definition) is 9. The molecule has 5 heterocycles. The molecule has 2 N–H and O–H groups in total. The molecule has 12 heteroatoms. The number of aromatic nitrogens is 7. The molecule has 0 aliphatic carbocycles. The lowest BCUT2D eigenvalue weighted by molar-refractivity contribution is 0.0490. The first-order valence-electron chi connectivity index (χ1n) is 11.6. The van der Waals surface area contributed by atoms with Crippen LogP contribution in [0.25, 0.3) is 11.5 Å². The summed E-state index contributed by atoms with van der Waals surface area (Å²) in [6, 6.07) is 1.67. The number of aryl methyl sites for hydroxylation is 1. The average molecular weight is 468 g/mol. The Bertz CT molecular complexity index is 1090. The molecule has 2 saturated heterocycles. The van der Waals surface area contributed by atoms with Crippen LogP contribution in [0.4, 0.5) is 5.95 Å². The molecule has 34 heavy (non-hydrogen) atoms. The maximum absolute atomic E-state index is 13.1. The summed E-state index contributed by atoms with van der Waals surface area (Å²) in [7, 11) is 1.86. The predicted molar refractivity (Wildman–Crippen MR) is 122 cm³/mol. The molecule has 0 radical (unpaired) electrons. The van der Waals surface area contributed by atoms with Crippen LogP contribution in [-0.4, -0.2) is 79.6 Å². The van der Waals surface area contributed by atoms with Gasteiger partial charge in [-0.15, -0.1) is 0 Å². The lowest BCUT2D eigenvalue weighted by Gasteiger charge is -2.31. The zero-order valence-electron chi connectivity index (χ0n) is 19.2. The van der Waals surface area contributed by atoms with E-state index in [0.29, 0.717) is 29.9 Å². The van der Waals surface area contributed by atoms with Gasteiger partial charge in [-0.2, -0.15) is 15.1 Å². The molecule has 3 aromatic rings. The smallest absolute Gasteiger partial charge is 0.270 e. The maximum atomic E-state index is 13.1. The zero-order valence-corrected chi connectivity index (χ0v) is 19.2. The number of aromatic amines is 1. The number of carbonyl (C=O) groups is 1. The Labute approximate surface area is 197 Å². The van der Waals surface area contributed by atoms with Crippen LogP contribution in [-0.2, 0) is 11.8 Å². The molecule has 2 aliphatic heterocycles. The standard InChI is InChI=1S/C22H29N9O3/c1-30-14-23-11-18(30)20-27-17(10-19(28-20)34-12-15-4-8-33-9-5-15)21(32)26-16-2-6-31(7-3-16)22-24-13-25-29-22/h10-11,13-16H,2-9,12H2,1H3,(H,26,32)(H,24,25,29). The van der Waals surface area contributed by atoms with Gasteiger partial charge >= 0.3 is 0 Å². The molecule has 0 unspecified atom stereocenters. The molecule has 180 valence electrons.